The molecule has 0 aromatic rings. The van der Waals surface area contributed by atoms with Gasteiger partial charge in [0, 0.05) is 30.6 Å². The van der Waals surface area contributed by atoms with E-state index < -0.39 is 5.41 Å². The number of Topliss-reactive ketones (excluding diaryl/α,β-unsaturated/α-hetero) is 2. The fraction of sp³-hybridized carbons (Fsp3) is 0.867. The van der Waals surface area contributed by atoms with Crippen LogP contribution < -0.4 is 0 Å². The maximum absolute atomic E-state index is 14.1. The van der Waals surface area contributed by atoms with E-state index in [1.807, 2.05) is 0 Å². The highest BCUT2D eigenvalue weighted by molar-refractivity contribution is 5.88. The summed E-state index contributed by atoms with van der Waals surface area (Å²) in [4.78, 5) is 52.0. The van der Waals surface area contributed by atoms with Crippen LogP contribution in [0.25, 0.3) is 0 Å². The Morgan fingerprint density at radius 2 is 1.83 bits per heavy atom. The third kappa shape index (κ3) is 4.05. The lowest BCUT2D eigenvalue weighted by molar-refractivity contribution is -0.188. The van der Waals surface area contributed by atoms with E-state index in [-0.39, 0.29) is 76.4 Å². The molecule has 202 valence electrons. The van der Waals surface area contributed by atoms with Crippen molar-refractivity contribution in [3.05, 3.63) is 0 Å². The van der Waals surface area contributed by atoms with Crippen LogP contribution >= 0.6 is 0 Å². The summed E-state index contributed by atoms with van der Waals surface area (Å²) < 4.78 is 10.9. The average molecular weight is 503 g/mol. The number of carbonyl (C=O) groups excluding carboxylic acids is 4. The second-order valence-corrected chi connectivity index (χ2v) is 13.5. The van der Waals surface area contributed by atoms with Crippen LogP contribution in [0.4, 0.5) is 0 Å². The van der Waals surface area contributed by atoms with Crippen LogP contribution in [0.15, 0.2) is 0 Å². The lowest BCUT2D eigenvalue weighted by Crippen LogP contribution is -2.63. The second-order valence-electron chi connectivity index (χ2n) is 13.5. The summed E-state index contributed by atoms with van der Waals surface area (Å²) >= 11 is 0. The number of hydrogen-bond acceptors (Lipinski definition) is 6. The lowest BCUT2D eigenvalue weighted by Gasteiger charge is -2.64. The summed E-state index contributed by atoms with van der Waals surface area (Å²) in [7, 11) is 1.38. The topological polar surface area (TPSA) is 86.7 Å². The van der Waals surface area contributed by atoms with Crippen LogP contribution in [0.5, 0.6) is 0 Å². The zero-order valence-electron chi connectivity index (χ0n) is 23.4. The number of esters is 2. The van der Waals surface area contributed by atoms with Gasteiger partial charge in [0.2, 0.25) is 0 Å². The second kappa shape index (κ2) is 9.54. The first kappa shape index (κ1) is 27.3. The number of methoxy groups -OCH3 is 1. The molecule has 6 heteroatoms. The van der Waals surface area contributed by atoms with Gasteiger partial charge in [-0.1, -0.05) is 47.5 Å². The van der Waals surface area contributed by atoms with Gasteiger partial charge in [0.25, 0.3) is 0 Å². The number of ether oxygens (including phenoxy) is 2. The van der Waals surface area contributed by atoms with Crippen LogP contribution in [0.1, 0.15) is 99.3 Å². The zero-order chi connectivity index (χ0) is 26.6. The van der Waals surface area contributed by atoms with Gasteiger partial charge in [-0.2, -0.15) is 0 Å². The van der Waals surface area contributed by atoms with Gasteiger partial charge in [0.1, 0.15) is 17.7 Å². The van der Waals surface area contributed by atoms with Gasteiger partial charge < -0.3 is 9.47 Å². The van der Waals surface area contributed by atoms with Crippen molar-refractivity contribution in [2.75, 3.05) is 7.11 Å². The van der Waals surface area contributed by atoms with Crippen LogP contribution in [0.3, 0.4) is 0 Å². The number of hydrogen-bond donors (Lipinski definition) is 0. The molecular formula is C30H46O6. The van der Waals surface area contributed by atoms with E-state index in [1.54, 1.807) is 6.92 Å². The Kier molecular flexibility index (Phi) is 7.24. The van der Waals surface area contributed by atoms with Crippen molar-refractivity contribution >= 4 is 23.5 Å². The number of rotatable bonds is 8. The van der Waals surface area contributed by atoms with E-state index in [1.165, 1.54) is 7.11 Å². The monoisotopic (exact) mass is 502 g/mol. The molecule has 9 unspecified atom stereocenters. The predicted molar refractivity (Wildman–Crippen MR) is 136 cm³/mol. The van der Waals surface area contributed by atoms with E-state index in [4.69, 9.17) is 9.47 Å². The quantitative estimate of drug-likeness (QED) is 0.405. The van der Waals surface area contributed by atoms with Crippen molar-refractivity contribution < 1.29 is 28.7 Å². The molecule has 0 spiro atoms. The molecular weight excluding hydrogens is 456 g/mol. The molecule has 0 bridgehead atoms. The molecule has 9 atom stereocenters. The Morgan fingerprint density at radius 1 is 1.14 bits per heavy atom. The van der Waals surface area contributed by atoms with Gasteiger partial charge in [-0.15, -0.1) is 0 Å². The number of carbonyl (C=O) groups is 4. The number of ketones is 2. The molecule has 4 rings (SSSR count). The Labute approximate surface area is 216 Å². The summed E-state index contributed by atoms with van der Waals surface area (Å²) in [5.74, 6) is 0.0949. The fourth-order valence-electron chi connectivity index (χ4n) is 9.50. The molecule has 6 nitrogen and oxygen atoms in total. The fourth-order valence-corrected chi connectivity index (χ4v) is 9.50. The molecule has 1 heterocycles. The Balaban J connectivity index is 1.68. The third-order valence-electron chi connectivity index (χ3n) is 11.3. The largest absolute Gasteiger partial charge is 0.469 e. The van der Waals surface area contributed by atoms with Crippen molar-refractivity contribution in [1.82, 2.24) is 0 Å². The first-order valence-electron chi connectivity index (χ1n) is 14.1. The van der Waals surface area contributed by atoms with Crippen molar-refractivity contribution in [2.24, 2.45) is 51.8 Å². The first-order chi connectivity index (χ1) is 16.8. The van der Waals surface area contributed by atoms with Crippen LogP contribution in [0.2, 0.25) is 0 Å². The Bertz CT molecular complexity index is 924. The summed E-state index contributed by atoms with van der Waals surface area (Å²) in [5, 5.41) is 0. The molecule has 0 N–H and O–H groups in total. The normalized spacial score (nSPS) is 43.6. The summed E-state index contributed by atoms with van der Waals surface area (Å²) in [6.45, 7) is 12.7. The van der Waals surface area contributed by atoms with E-state index in [9.17, 15) is 19.2 Å². The smallest absolute Gasteiger partial charge is 0.309 e. The van der Waals surface area contributed by atoms with Gasteiger partial charge >= 0.3 is 11.9 Å². The molecule has 4 aliphatic rings. The lowest BCUT2D eigenvalue weighted by atomic mass is 9.38. The molecule has 1 aliphatic heterocycles. The minimum absolute atomic E-state index is 0.0706. The SMILES string of the molecule is COC(=O)CCC1(C)C(C(C)=O)CCC2(C)C1C(=O)CC1C3C(CC12C)OC(=O)C3CCCC(C)C. The Morgan fingerprint density at radius 3 is 2.44 bits per heavy atom. The van der Waals surface area contributed by atoms with Crippen molar-refractivity contribution in [3.63, 3.8) is 0 Å². The molecule has 0 aromatic heterocycles. The molecule has 36 heavy (non-hydrogen) atoms. The van der Waals surface area contributed by atoms with E-state index in [0.29, 0.717) is 18.8 Å². The van der Waals surface area contributed by atoms with Gasteiger partial charge in [-0.25, -0.2) is 0 Å². The zero-order valence-corrected chi connectivity index (χ0v) is 23.4. The molecule has 3 saturated carbocycles. The summed E-state index contributed by atoms with van der Waals surface area (Å²) in [5.41, 5.74) is -1.07. The van der Waals surface area contributed by atoms with E-state index in [2.05, 4.69) is 34.6 Å². The van der Waals surface area contributed by atoms with Gasteiger partial charge in [0.15, 0.2) is 0 Å². The van der Waals surface area contributed by atoms with Gasteiger partial charge in [-0.3, -0.25) is 19.2 Å². The molecule has 4 fully saturated rings. The molecule has 1 saturated heterocycles. The van der Waals surface area contributed by atoms with Crippen molar-refractivity contribution in [1.29, 1.82) is 0 Å². The van der Waals surface area contributed by atoms with Crippen LogP contribution in [-0.4, -0.2) is 36.7 Å². The summed E-state index contributed by atoms with van der Waals surface area (Å²) in [6, 6.07) is 0. The molecule has 0 amide bonds. The molecule has 0 aromatic carbocycles. The molecule has 3 aliphatic carbocycles. The first-order valence-corrected chi connectivity index (χ1v) is 14.1. The highest BCUT2D eigenvalue weighted by Gasteiger charge is 2.73. The highest BCUT2D eigenvalue weighted by atomic mass is 16.6. The van der Waals surface area contributed by atoms with E-state index in [0.717, 1.165) is 38.5 Å². The van der Waals surface area contributed by atoms with E-state index >= 15 is 0 Å². The maximum Gasteiger partial charge on any atom is 0.309 e. The van der Waals surface area contributed by atoms with Crippen LogP contribution in [-0.2, 0) is 28.7 Å². The predicted octanol–water partition coefficient (Wildman–Crippen LogP) is 5.55. The van der Waals surface area contributed by atoms with Gasteiger partial charge in [-0.05, 0) is 67.1 Å². The third-order valence-corrected chi connectivity index (χ3v) is 11.3. The number of fused-ring (bicyclic) bond motifs is 5. The average Bonchev–Trinajstić information content (AvgIpc) is 3.23. The van der Waals surface area contributed by atoms with Crippen molar-refractivity contribution in [2.45, 2.75) is 105 Å². The summed E-state index contributed by atoms with van der Waals surface area (Å²) in [6.07, 6.45) is 6.24. The highest BCUT2D eigenvalue weighted by Crippen LogP contribution is 2.73. The minimum Gasteiger partial charge on any atom is -0.469 e. The minimum atomic E-state index is -0.594. The standard InChI is InChI=1S/C30H46O6/c1-17(2)9-8-10-19-25-21-15-22(32)26-28(4,13-12-24(33)35-7)20(18(3)31)11-14-29(26,5)30(21,6)16-23(25)36-27(19)34/h17,19-21,23,25-26H,8-16H2,1-7H3. The molecule has 0 radical (unpaired) electrons. The van der Waals surface area contributed by atoms with Crippen LogP contribution in [0, 0.1) is 51.8 Å². The Hall–Kier alpha value is -1.72. The maximum atomic E-state index is 14.1. The van der Waals surface area contributed by atoms with Crippen molar-refractivity contribution in [3.8, 4) is 0 Å². The van der Waals surface area contributed by atoms with Gasteiger partial charge in [0.05, 0.1) is 13.0 Å².